The molecule has 5 rings (SSSR count). The highest BCUT2D eigenvalue weighted by molar-refractivity contribution is 5.94. The molecule has 1 atom stereocenters. The van der Waals surface area contributed by atoms with E-state index < -0.39 is 0 Å². The van der Waals surface area contributed by atoms with Crippen LogP contribution >= 0.6 is 0 Å². The van der Waals surface area contributed by atoms with Crippen molar-refractivity contribution in [2.75, 3.05) is 26.2 Å². The van der Waals surface area contributed by atoms with Gasteiger partial charge in [-0.15, -0.1) is 0 Å². The molecule has 3 aliphatic rings. The summed E-state index contributed by atoms with van der Waals surface area (Å²) in [4.78, 5) is 29.9. The van der Waals surface area contributed by atoms with Gasteiger partial charge in [-0.1, -0.05) is 35.9 Å². The first kappa shape index (κ1) is 21.0. The predicted molar refractivity (Wildman–Crippen MR) is 124 cm³/mol. The van der Waals surface area contributed by atoms with Crippen molar-refractivity contribution in [2.24, 2.45) is 0 Å². The van der Waals surface area contributed by atoms with Gasteiger partial charge < -0.3 is 14.5 Å². The van der Waals surface area contributed by atoms with E-state index in [-0.39, 0.29) is 23.3 Å². The molecule has 2 fully saturated rings. The Kier molecular flexibility index (Phi) is 5.66. The molecule has 0 saturated carbocycles. The van der Waals surface area contributed by atoms with Gasteiger partial charge in [0.15, 0.2) is 0 Å². The van der Waals surface area contributed by atoms with Crippen molar-refractivity contribution >= 4 is 11.8 Å². The number of hydrogen-bond donors (Lipinski definition) is 0. The van der Waals surface area contributed by atoms with Crippen molar-refractivity contribution in [3.63, 3.8) is 0 Å². The Morgan fingerprint density at radius 3 is 2.47 bits per heavy atom. The lowest BCUT2D eigenvalue weighted by Crippen LogP contribution is -2.52. The van der Waals surface area contributed by atoms with Gasteiger partial charge in [-0.3, -0.25) is 9.59 Å². The molecule has 3 heterocycles. The van der Waals surface area contributed by atoms with E-state index in [2.05, 4.69) is 6.07 Å². The lowest BCUT2D eigenvalue weighted by atomic mass is 9.76. The minimum Gasteiger partial charge on any atom is -0.487 e. The summed E-state index contributed by atoms with van der Waals surface area (Å²) < 4.78 is 6.59. The van der Waals surface area contributed by atoms with Gasteiger partial charge in [0.05, 0.1) is 0 Å². The third-order valence-corrected chi connectivity index (χ3v) is 7.41. The normalized spacial score (nSPS) is 21.8. The summed E-state index contributed by atoms with van der Waals surface area (Å²) in [7, 11) is 0. The minimum absolute atomic E-state index is 0.0977. The molecule has 0 aliphatic carbocycles. The van der Waals surface area contributed by atoms with Crippen LogP contribution in [-0.4, -0.2) is 53.4 Å². The van der Waals surface area contributed by atoms with E-state index in [1.807, 2.05) is 59.2 Å². The average Bonchev–Trinajstić information content (AvgIpc) is 3.34. The highest BCUT2D eigenvalue weighted by Crippen LogP contribution is 2.46. The number of piperidine rings is 1. The quantitative estimate of drug-likeness (QED) is 0.715. The second-order valence-corrected chi connectivity index (χ2v) is 9.68. The molecule has 1 spiro atoms. The van der Waals surface area contributed by atoms with Crippen LogP contribution in [0.3, 0.4) is 0 Å². The molecule has 2 aromatic rings. The van der Waals surface area contributed by atoms with Gasteiger partial charge in [0, 0.05) is 56.9 Å². The lowest BCUT2D eigenvalue weighted by molar-refractivity contribution is -0.131. The number of fused-ring (bicyclic) bond motifs is 1. The number of hydrogen-bond acceptors (Lipinski definition) is 3. The summed E-state index contributed by atoms with van der Waals surface area (Å²) in [6, 6.07) is 16.0. The molecular weight excluding hydrogens is 400 g/mol. The largest absolute Gasteiger partial charge is 0.487 e. The summed E-state index contributed by atoms with van der Waals surface area (Å²) >= 11 is 0. The Labute approximate surface area is 190 Å². The maximum atomic E-state index is 13.0. The topological polar surface area (TPSA) is 49.9 Å². The minimum atomic E-state index is -0.298. The number of amides is 2. The van der Waals surface area contributed by atoms with Gasteiger partial charge >= 0.3 is 0 Å². The molecule has 0 aromatic heterocycles. The van der Waals surface area contributed by atoms with Crippen LogP contribution in [0.5, 0.6) is 5.75 Å². The number of carbonyl (C=O) groups excluding carboxylic acids is 2. The Morgan fingerprint density at radius 2 is 1.72 bits per heavy atom. The molecule has 168 valence electrons. The number of carbonyl (C=O) groups is 2. The predicted octanol–water partition coefficient (Wildman–Crippen LogP) is 4.55. The molecule has 32 heavy (non-hydrogen) atoms. The number of rotatable bonds is 3. The summed E-state index contributed by atoms with van der Waals surface area (Å²) in [6.45, 7) is 5.16. The maximum absolute atomic E-state index is 13.0. The zero-order chi connectivity index (χ0) is 22.1. The zero-order valence-corrected chi connectivity index (χ0v) is 18.9. The highest BCUT2D eigenvalue weighted by Gasteiger charge is 2.44. The summed E-state index contributed by atoms with van der Waals surface area (Å²) in [6.07, 6.45) is 5.22. The smallest absolute Gasteiger partial charge is 0.253 e. The van der Waals surface area contributed by atoms with Gasteiger partial charge in [0.2, 0.25) is 5.91 Å². The SMILES string of the molecule is Cc1cccc(C(=O)N2CCC3(CC2)CC(CC(=O)N2CCCC2)c2ccccc2O3)c1. The molecule has 0 N–H and O–H groups in total. The number of aryl methyl sites for hydroxylation is 1. The van der Waals surface area contributed by atoms with Crippen LogP contribution in [-0.2, 0) is 4.79 Å². The van der Waals surface area contributed by atoms with Gasteiger partial charge in [0.1, 0.15) is 11.4 Å². The van der Waals surface area contributed by atoms with E-state index in [9.17, 15) is 9.59 Å². The highest BCUT2D eigenvalue weighted by atomic mass is 16.5. The number of ether oxygens (including phenoxy) is 1. The van der Waals surface area contributed by atoms with Gasteiger partial charge in [-0.2, -0.15) is 0 Å². The van der Waals surface area contributed by atoms with Crippen LogP contribution in [0, 0.1) is 6.92 Å². The van der Waals surface area contributed by atoms with Crippen LogP contribution in [0.25, 0.3) is 0 Å². The number of likely N-dealkylation sites (tertiary alicyclic amines) is 2. The average molecular weight is 433 g/mol. The van der Waals surface area contributed by atoms with Gasteiger partial charge in [0.25, 0.3) is 5.91 Å². The molecule has 2 saturated heterocycles. The first-order valence-electron chi connectivity index (χ1n) is 11.9. The molecule has 5 heteroatoms. The van der Waals surface area contributed by atoms with E-state index >= 15 is 0 Å². The number of benzene rings is 2. The molecule has 5 nitrogen and oxygen atoms in total. The molecule has 0 bridgehead atoms. The van der Waals surface area contributed by atoms with Crippen LogP contribution < -0.4 is 4.74 Å². The molecule has 0 radical (unpaired) electrons. The zero-order valence-electron chi connectivity index (χ0n) is 18.9. The second-order valence-electron chi connectivity index (χ2n) is 9.68. The fraction of sp³-hybridized carbons (Fsp3) is 0.481. The summed E-state index contributed by atoms with van der Waals surface area (Å²) in [5.41, 5.74) is 2.71. The molecule has 2 aromatic carbocycles. The van der Waals surface area contributed by atoms with Crippen LogP contribution in [0.1, 0.15) is 65.9 Å². The van der Waals surface area contributed by atoms with Crippen LogP contribution in [0.15, 0.2) is 48.5 Å². The van der Waals surface area contributed by atoms with Crippen LogP contribution in [0.2, 0.25) is 0 Å². The Balaban J connectivity index is 1.31. The maximum Gasteiger partial charge on any atom is 0.253 e. The molecule has 3 aliphatic heterocycles. The van der Waals surface area contributed by atoms with E-state index in [0.29, 0.717) is 19.5 Å². The van der Waals surface area contributed by atoms with Crippen molar-refractivity contribution < 1.29 is 14.3 Å². The second kappa shape index (κ2) is 8.61. The summed E-state index contributed by atoms with van der Waals surface area (Å²) in [5.74, 6) is 1.45. The Bertz CT molecular complexity index is 1000. The number of para-hydroxylation sites is 1. The van der Waals surface area contributed by atoms with Crippen molar-refractivity contribution in [1.29, 1.82) is 0 Å². The monoisotopic (exact) mass is 432 g/mol. The van der Waals surface area contributed by atoms with Crippen molar-refractivity contribution in [3.05, 3.63) is 65.2 Å². The third-order valence-electron chi connectivity index (χ3n) is 7.41. The fourth-order valence-corrected chi connectivity index (χ4v) is 5.62. The Morgan fingerprint density at radius 1 is 0.969 bits per heavy atom. The first-order valence-corrected chi connectivity index (χ1v) is 11.9. The lowest BCUT2D eigenvalue weighted by Gasteiger charge is -2.47. The van der Waals surface area contributed by atoms with Crippen molar-refractivity contribution in [2.45, 2.75) is 57.0 Å². The van der Waals surface area contributed by atoms with Gasteiger partial charge in [-0.25, -0.2) is 0 Å². The summed E-state index contributed by atoms with van der Waals surface area (Å²) in [5, 5.41) is 0. The number of nitrogens with zero attached hydrogens (tertiary/aromatic N) is 2. The first-order chi connectivity index (χ1) is 15.5. The van der Waals surface area contributed by atoms with E-state index in [4.69, 9.17) is 4.74 Å². The standard InChI is InChI=1S/C27H32N2O3/c1-20-7-6-8-21(17-20)26(31)29-15-11-27(12-16-29)19-22(18-25(30)28-13-4-5-14-28)23-9-2-3-10-24(23)32-27/h2-3,6-10,17,22H,4-5,11-16,18-19H2,1H3. The molecular formula is C27H32N2O3. The fourth-order valence-electron chi connectivity index (χ4n) is 5.62. The van der Waals surface area contributed by atoms with E-state index in [1.165, 1.54) is 0 Å². The third kappa shape index (κ3) is 4.13. The van der Waals surface area contributed by atoms with E-state index in [0.717, 1.165) is 67.6 Å². The van der Waals surface area contributed by atoms with Gasteiger partial charge in [-0.05, 0) is 49.9 Å². The molecule has 2 amide bonds. The van der Waals surface area contributed by atoms with Crippen molar-refractivity contribution in [1.82, 2.24) is 9.80 Å². The molecule has 1 unspecified atom stereocenters. The Hall–Kier alpha value is -2.82. The van der Waals surface area contributed by atoms with E-state index in [1.54, 1.807) is 0 Å². The van der Waals surface area contributed by atoms with Crippen molar-refractivity contribution in [3.8, 4) is 5.75 Å². The van der Waals surface area contributed by atoms with Crippen LogP contribution in [0.4, 0.5) is 0 Å².